The van der Waals surface area contributed by atoms with Crippen LogP contribution in [0.1, 0.15) is 18.9 Å². The van der Waals surface area contributed by atoms with Crippen LogP contribution in [0, 0.1) is 5.92 Å². The van der Waals surface area contributed by atoms with E-state index in [4.69, 9.17) is 0 Å². The van der Waals surface area contributed by atoms with Crippen LogP contribution in [0.15, 0.2) is 23.4 Å². The molecule has 0 N–H and O–H groups in total. The summed E-state index contributed by atoms with van der Waals surface area (Å²) >= 11 is 5.68. The SMILES string of the molecule is CCC(CS)CSc1ccc(C(F)(F)F)cn1. The van der Waals surface area contributed by atoms with Gasteiger partial charge in [0.05, 0.1) is 10.6 Å². The van der Waals surface area contributed by atoms with Gasteiger partial charge >= 0.3 is 6.18 Å². The predicted molar refractivity (Wildman–Crippen MR) is 67.6 cm³/mol. The lowest BCUT2D eigenvalue weighted by atomic mass is 10.2. The first kappa shape index (κ1) is 14.7. The number of aromatic nitrogens is 1. The van der Waals surface area contributed by atoms with Crippen molar-refractivity contribution in [1.29, 1.82) is 0 Å². The van der Waals surface area contributed by atoms with Crippen molar-refractivity contribution in [3.05, 3.63) is 23.9 Å². The highest BCUT2D eigenvalue weighted by Gasteiger charge is 2.30. The van der Waals surface area contributed by atoms with Crippen LogP contribution in [-0.2, 0) is 6.18 Å². The first-order valence-electron chi connectivity index (χ1n) is 5.24. The van der Waals surface area contributed by atoms with Crippen molar-refractivity contribution in [3.8, 4) is 0 Å². The highest BCUT2D eigenvalue weighted by molar-refractivity contribution is 7.99. The van der Waals surface area contributed by atoms with Gasteiger partial charge in [0.15, 0.2) is 0 Å². The van der Waals surface area contributed by atoms with E-state index in [-0.39, 0.29) is 0 Å². The molecule has 0 fully saturated rings. The Balaban J connectivity index is 2.57. The van der Waals surface area contributed by atoms with Crippen molar-refractivity contribution in [2.75, 3.05) is 11.5 Å². The van der Waals surface area contributed by atoms with Gasteiger partial charge in [0.25, 0.3) is 0 Å². The zero-order chi connectivity index (χ0) is 12.9. The van der Waals surface area contributed by atoms with Crippen LogP contribution < -0.4 is 0 Å². The number of nitrogens with zero attached hydrogens (tertiary/aromatic N) is 1. The lowest BCUT2D eigenvalue weighted by molar-refractivity contribution is -0.137. The van der Waals surface area contributed by atoms with Gasteiger partial charge in [-0.15, -0.1) is 11.8 Å². The summed E-state index contributed by atoms with van der Waals surface area (Å²) in [5.41, 5.74) is -0.705. The summed E-state index contributed by atoms with van der Waals surface area (Å²) < 4.78 is 36.9. The normalized spacial score (nSPS) is 13.7. The van der Waals surface area contributed by atoms with Crippen LogP contribution in [0.2, 0.25) is 0 Å². The van der Waals surface area contributed by atoms with Gasteiger partial charge in [0, 0.05) is 11.9 Å². The molecule has 0 spiro atoms. The standard InChI is InChI=1S/C11H14F3NS2/c1-2-8(6-16)7-17-10-4-3-9(5-15-10)11(12,13)14/h3-5,8,16H,2,6-7H2,1H3. The topological polar surface area (TPSA) is 12.9 Å². The molecule has 1 nitrogen and oxygen atoms in total. The van der Waals surface area contributed by atoms with Gasteiger partial charge in [-0.05, 0) is 23.8 Å². The van der Waals surface area contributed by atoms with Crippen LogP contribution >= 0.6 is 24.4 Å². The summed E-state index contributed by atoms with van der Waals surface area (Å²) in [6.07, 6.45) is -2.42. The van der Waals surface area contributed by atoms with Crippen molar-refractivity contribution in [1.82, 2.24) is 4.98 Å². The zero-order valence-electron chi connectivity index (χ0n) is 9.37. The molecule has 0 bridgehead atoms. The largest absolute Gasteiger partial charge is 0.417 e. The van der Waals surface area contributed by atoms with Gasteiger partial charge in [-0.1, -0.05) is 13.3 Å². The monoisotopic (exact) mass is 281 g/mol. The average molecular weight is 281 g/mol. The Hall–Kier alpha value is -0.360. The van der Waals surface area contributed by atoms with Crippen LogP contribution in [0.5, 0.6) is 0 Å². The highest BCUT2D eigenvalue weighted by Crippen LogP contribution is 2.30. The maximum atomic E-state index is 12.3. The first-order valence-corrected chi connectivity index (χ1v) is 6.86. The molecule has 0 aliphatic rings. The minimum atomic E-state index is -4.31. The van der Waals surface area contributed by atoms with Crippen molar-refractivity contribution in [3.63, 3.8) is 0 Å². The summed E-state index contributed by atoms with van der Waals surface area (Å²) in [5, 5.41) is 0.623. The fourth-order valence-corrected chi connectivity index (χ4v) is 2.75. The third-order valence-corrected chi connectivity index (χ3v) is 4.06. The number of hydrogen-bond donors (Lipinski definition) is 1. The summed E-state index contributed by atoms with van der Waals surface area (Å²) in [6.45, 7) is 2.07. The Labute approximate surface area is 109 Å². The van der Waals surface area contributed by atoms with Gasteiger partial charge in [-0.2, -0.15) is 25.8 Å². The van der Waals surface area contributed by atoms with Gasteiger partial charge in [0.2, 0.25) is 0 Å². The minimum absolute atomic E-state index is 0.465. The molecule has 0 saturated carbocycles. The van der Waals surface area contributed by atoms with E-state index in [0.29, 0.717) is 10.9 Å². The maximum absolute atomic E-state index is 12.3. The number of halogens is 3. The van der Waals surface area contributed by atoms with E-state index in [2.05, 4.69) is 24.5 Å². The maximum Gasteiger partial charge on any atom is 0.417 e. The van der Waals surface area contributed by atoms with Gasteiger partial charge in [0.1, 0.15) is 0 Å². The Morgan fingerprint density at radius 1 is 1.41 bits per heavy atom. The number of rotatable bonds is 5. The Morgan fingerprint density at radius 2 is 2.12 bits per heavy atom. The van der Waals surface area contributed by atoms with Crippen LogP contribution in [0.25, 0.3) is 0 Å². The molecule has 6 heteroatoms. The van der Waals surface area contributed by atoms with E-state index in [1.807, 2.05) is 0 Å². The van der Waals surface area contributed by atoms with E-state index in [9.17, 15) is 13.2 Å². The molecule has 0 saturated heterocycles. The van der Waals surface area contributed by atoms with Crippen LogP contribution in [0.3, 0.4) is 0 Å². The highest BCUT2D eigenvalue weighted by atomic mass is 32.2. The summed E-state index contributed by atoms with van der Waals surface area (Å²) in [5.74, 6) is 2.08. The molecule has 0 aliphatic heterocycles. The fourth-order valence-electron chi connectivity index (χ4n) is 1.14. The van der Waals surface area contributed by atoms with Crippen molar-refractivity contribution in [2.45, 2.75) is 24.5 Å². The molecule has 1 heterocycles. The predicted octanol–water partition coefficient (Wildman–Crippen LogP) is 4.15. The third-order valence-electron chi connectivity index (χ3n) is 2.37. The summed E-state index contributed by atoms with van der Waals surface area (Å²) in [6, 6.07) is 2.48. The smallest absolute Gasteiger partial charge is 0.249 e. The molecule has 1 aromatic heterocycles. The molecule has 1 rings (SSSR count). The molecule has 96 valence electrons. The average Bonchev–Trinajstić information content (AvgIpc) is 2.30. The Kier molecular flexibility index (Phi) is 5.66. The molecule has 17 heavy (non-hydrogen) atoms. The lowest BCUT2D eigenvalue weighted by Crippen LogP contribution is -2.06. The quantitative estimate of drug-likeness (QED) is 0.643. The molecular weight excluding hydrogens is 267 g/mol. The Morgan fingerprint density at radius 3 is 2.53 bits per heavy atom. The summed E-state index contributed by atoms with van der Waals surface area (Å²) in [4.78, 5) is 3.80. The third kappa shape index (κ3) is 4.79. The fraction of sp³-hybridized carbons (Fsp3) is 0.545. The first-order chi connectivity index (χ1) is 7.97. The molecule has 0 aromatic carbocycles. The van der Waals surface area contributed by atoms with Gasteiger partial charge in [-0.3, -0.25) is 0 Å². The second-order valence-electron chi connectivity index (χ2n) is 3.65. The van der Waals surface area contributed by atoms with Crippen molar-refractivity contribution in [2.24, 2.45) is 5.92 Å². The zero-order valence-corrected chi connectivity index (χ0v) is 11.1. The molecule has 0 aliphatic carbocycles. The Bertz CT molecular complexity index is 334. The number of alkyl halides is 3. The molecular formula is C11H14F3NS2. The van der Waals surface area contributed by atoms with Crippen molar-refractivity contribution < 1.29 is 13.2 Å². The van der Waals surface area contributed by atoms with E-state index in [1.54, 1.807) is 0 Å². The van der Waals surface area contributed by atoms with Crippen molar-refractivity contribution >= 4 is 24.4 Å². The molecule has 1 atom stereocenters. The molecule has 1 aromatic rings. The van der Waals surface area contributed by atoms with Crippen LogP contribution in [0.4, 0.5) is 13.2 Å². The minimum Gasteiger partial charge on any atom is -0.249 e. The van der Waals surface area contributed by atoms with Gasteiger partial charge < -0.3 is 0 Å². The number of hydrogen-bond acceptors (Lipinski definition) is 3. The molecule has 0 amide bonds. The number of thioether (sulfide) groups is 1. The lowest BCUT2D eigenvalue weighted by Gasteiger charge is -2.11. The molecule has 0 radical (unpaired) electrons. The van der Waals surface area contributed by atoms with E-state index >= 15 is 0 Å². The summed E-state index contributed by atoms with van der Waals surface area (Å²) in [7, 11) is 0. The molecule has 1 unspecified atom stereocenters. The van der Waals surface area contributed by atoms with Crippen LogP contribution in [-0.4, -0.2) is 16.5 Å². The van der Waals surface area contributed by atoms with E-state index in [0.717, 1.165) is 30.2 Å². The second-order valence-corrected chi connectivity index (χ2v) is 5.06. The number of thiol groups is 1. The van der Waals surface area contributed by atoms with Gasteiger partial charge in [-0.25, -0.2) is 4.98 Å². The second kappa shape index (κ2) is 6.54. The van der Waals surface area contributed by atoms with E-state index < -0.39 is 11.7 Å². The van der Waals surface area contributed by atoms with E-state index in [1.165, 1.54) is 17.8 Å². The number of pyridine rings is 1.